The van der Waals surface area contributed by atoms with Crippen LogP contribution in [0.5, 0.6) is 0 Å². The summed E-state index contributed by atoms with van der Waals surface area (Å²) in [4.78, 5) is 23.7. The Morgan fingerprint density at radius 1 is 1.36 bits per heavy atom. The summed E-state index contributed by atoms with van der Waals surface area (Å²) in [6.45, 7) is 3.70. The van der Waals surface area contributed by atoms with Gasteiger partial charge in [-0.3, -0.25) is 9.59 Å². The van der Waals surface area contributed by atoms with Gasteiger partial charge in [0.15, 0.2) is 0 Å². The molecule has 124 valence electrons. The minimum absolute atomic E-state index is 0.0156. The molecule has 22 heavy (non-hydrogen) atoms. The number of nitrogens with zero attached hydrogens (tertiary/aromatic N) is 2. The molecular weight excluding hydrogens is 306 g/mol. The Balaban J connectivity index is 2.97. The molecule has 1 unspecified atom stereocenters. The number of hydrogen-bond donors (Lipinski definition) is 1. The average molecular weight is 329 g/mol. The lowest BCUT2D eigenvalue weighted by Crippen LogP contribution is -2.37. The van der Waals surface area contributed by atoms with Crippen molar-refractivity contribution in [3.8, 4) is 0 Å². The number of hydrogen-bond acceptors (Lipinski definition) is 4. The van der Waals surface area contributed by atoms with Gasteiger partial charge in [-0.25, -0.2) is 12.7 Å². The zero-order valence-electron chi connectivity index (χ0n) is 13.4. The first-order valence-corrected chi connectivity index (χ1v) is 8.55. The second kappa shape index (κ2) is 7.55. The van der Waals surface area contributed by atoms with Gasteiger partial charge in [0.25, 0.3) is 5.56 Å². The number of nitrogens with one attached hydrogen (secondary N) is 1. The Labute approximate surface area is 131 Å². The van der Waals surface area contributed by atoms with Gasteiger partial charge in [0, 0.05) is 32.4 Å². The van der Waals surface area contributed by atoms with E-state index in [0.717, 1.165) is 27.8 Å². The summed E-state index contributed by atoms with van der Waals surface area (Å²) >= 11 is 0. The first kappa shape index (κ1) is 18.4. The van der Waals surface area contributed by atoms with Crippen LogP contribution in [0.4, 0.5) is 0 Å². The first-order chi connectivity index (χ1) is 10.2. The number of carbonyl (C=O) groups is 1. The summed E-state index contributed by atoms with van der Waals surface area (Å²) in [6, 6.07) is 2.41. The first-order valence-electron chi connectivity index (χ1n) is 7.11. The molecule has 1 atom stereocenters. The van der Waals surface area contributed by atoms with Crippen LogP contribution < -0.4 is 10.9 Å². The Hall–Kier alpha value is -1.67. The van der Waals surface area contributed by atoms with Crippen LogP contribution in [0, 0.1) is 0 Å². The second-order valence-electron chi connectivity index (χ2n) is 5.38. The Morgan fingerprint density at radius 3 is 2.55 bits per heavy atom. The van der Waals surface area contributed by atoms with E-state index in [4.69, 9.17) is 0 Å². The van der Waals surface area contributed by atoms with E-state index in [1.54, 1.807) is 0 Å². The molecule has 8 heteroatoms. The molecule has 0 aromatic carbocycles. The van der Waals surface area contributed by atoms with Gasteiger partial charge < -0.3 is 9.88 Å². The summed E-state index contributed by atoms with van der Waals surface area (Å²) in [5, 5.41) is 2.78. The van der Waals surface area contributed by atoms with Gasteiger partial charge in [-0.15, -0.1) is 0 Å². The molecule has 0 aliphatic rings. The number of aromatic nitrogens is 1. The normalized spacial score (nSPS) is 13.1. The number of rotatable bonds is 7. The predicted octanol–water partition coefficient (Wildman–Crippen LogP) is 0.403. The van der Waals surface area contributed by atoms with E-state index in [1.807, 2.05) is 13.8 Å². The van der Waals surface area contributed by atoms with E-state index in [1.165, 1.54) is 26.4 Å². The van der Waals surface area contributed by atoms with Crippen molar-refractivity contribution < 1.29 is 13.2 Å². The zero-order valence-corrected chi connectivity index (χ0v) is 14.2. The number of carbonyl (C=O) groups excluding carboxylic acids is 1. The van der Waals surface area contributed by atoms with Gasteiger partial charge >= 0.3 is 0 Å². The van der Waals surface area contributed by atoms with Crippen molar-refractivity contribution in [1.82, 2.24) is 14.2 Å². The third-order valence-electron chi connectivity index (χ3n) is 3.18. The van der Waals surface area contributed by atoms with E-state index in [9.17, 15) is 18.0 Å². The lowest BCUT2D eigenvalue weighted by Gasteiger charge is -2.15. The number of pyridine rings is 1. The zero-order chi connectivity index (χ0) is 16.9. The van der Waals surface area contributed by atoms with Crippen LogP contribution in [-0.2, 0) is 21.4 Å². The minimum atomic E-state index is -3.64. The molecule has 1 N–H and O–H groups in total. The molecule has 1 rings (SSSR count). The minimum Gasteiger partial charge on any atom is -0.352 e. The van der Waals surface area contributed by atoms with Gasteiger partial charge in [-0.05, 0) is 19.4 Å². The highest BCUT2D eigenvalue weighted by atomic mass is 32.2. The highest BCUT2D eigenvalue weighted by molar-refractivity contribution is 7.89. The van der Waals surface area contributed by atoms with Crippen molar-refractivity contribution in [3.05, 3.63) is 28.7 Å². The number of sulfonamides is 1. The maximum absolute atomic E-state index is 12.1. The van der Waals surface area contributed by atoms with Crippen molar-refractivity contribution in [3.63, 3.8) is 0 Å². The van der Waals surface area contributed by atoms with Crippen molar-refractivity contribution in [2.24, 2.45) is 0 Å². The van der Waals surface area contributed by atoms with E-state index in [0.29, 0.717) is 0 Å². The third-order valence-corrected chi connectivity index (χ3v) is 4.98. The van der Waals surface area contributed by atoms with Crippen LogP contribution in [0.25, 0.3) is 0 Å². The number of amides is 1. The van der Waals surface area contributed by atoms with E-state index in [-0.39, 0.29) is 23.4 Å². The van der Waals surface area contributed by atoms with Crippen LogP contribution >= 0.6 is 0 Å². The lowest BCUT2D eigenvalue weighted by atomic mass is 10.2. The third kappa shape index (κ3) is 4.67. The van der Waals surface area contributed by atoms with Gasteiger partial charge in [0.2, 0.25) is 15.9 Å². The summed E-state index contributed by atoms with van der Waals surface area (Å²) in [6.07, 6.45) is 2.98. The monoisotopic (exact) mass is 329 g/mol. The van der Waals surface area contributed by atoms with Crippen molar-refractivity contribution in [1.29, 1.82) is 0 Å². The van der Waals surface area contributed by atoms with E-state index >= 15 is 0 Å². The maximum atomic E-state index is 12.1. The van der Waals surface area contributed by atoms with Crippen molar-refractivity contribution in [2.75, 3.05) is 14.1 Å². The molecule has 7 nitrogen and oxygen atoms in total. The molecule has 0 bridgehead atoms. The SMILES string of the molecule is CCCC(C)NC(=O)Cn1cc(S(=O)(=O)N(C)C)ccc1=O. The van der Waals surface area contributed by atoms with Crippen LogP contribution in [0.1, 0.15) is 26.7 Å². The van der Waals surface area contributed by atoms with E-state index in [2.05, 4.69) is 5.32 Å². The fraction of sp³-hybridized carbons (Fsp3) is 0.571. The molecule has 1 aromatic rings. The van der Waals surface area contributed by atoms with Crippen molar-refractivity contribution >= 4 is 15.9 Å². The summed E-state index contributed by atoms with van der Waals surface area (Å²) in [7, 11) is -0.828. The van der Waals surface area contributed by atoms with E-state index < -0.39 is 15.6 Å². The molecule has 0 aliphatic heterocycles. The molecule has 0 saturated heterocycles. The molecule has 1 aromatic heterocycles. The smallest absolute Gasteiger partial charge is 0.251 e. The largest absolute Gasteiger partial charge is 0.352 e. The Morgan fingerprint density at radius 2 is 2.00 bits per heavy atom. The lowest BCUT2D eigenvalue weighted by molar-refractivity contribution is -0.122. The van der Waals surface area contributed by atoms with Gasteiger partial charge in [0.1, 0.15) is 6.54 Å². The molecule has 1 amide bonds. The highest BCUT2D eigenvalue weighted by Gasteiger charge is 2.18. The van der Waals surface area contributed by atoms with Gasteiger partial charge in [-0.1, -0.05) is 13.3 Å². The average Bonchev–Trinajstić information content (AvgIpc) is 2.40. The topological polar surface area (TPSA) is 88.5 Å². The molecule has 0 saturated carbocycles. The van der Waals surface area contributed by atoms with Gasteiger partial charge in [0.05, 0.1) is 4.90 Å². The van der Waals surface area contributed by atoms with Crippen LogP contribution in [0.15, 0.2) is 28.0 Å². The Kier molecular flexibility index (Phi) is 6.31. The summed E-state index contributed by atoms with van der Waals surface area (Å²) in [5.41, 5.74) is -0.420. The second-order valence-corrected chi connectivity index (χ2v) is 7.53. The molecule has 0 fully saturated rings. The maximum Gasteiger partial charge on any atom is 0.251 e. The highest BCUT2D eigenvalue weighted by Crippen LogP contribution is 2.10. The standard InChI is InChI=1S/C14H23N3O4S/c1-5-6-11(2)15-13(18)10-17-9-12(7-8-14(17)19)22(20,21)16(3)4/h7-9,11H,5-6,10H2,1-4H3,(H,15,18). The van der Waals surface area contributed by atoms with Crippen LogP contribution in [0.3, 0.4) is 0 Å². The van der Waals surface area contributed by atoms with Crippen LogP contribution in [-0.4, -0.2) is 43.3 Å². The molecular formula is C14H23N3O4S. The van der Waals surface area contributed by atoms with Crippen molar-refractivity contribution in [2.45, 2.75) is 44.2 Å². The molecule has 0 radical (unpaired) electrons. The quantitative estimate of drug-likeness (QED) is 0.784. The fourth-order valence-corrected chi connectivity index (χ4v) is 2.90. The summed E-state index contributed by atoms with van der Waals surface area (Å²) < 4.78 is 26.3. The van der Waals surface area contributed by atoms with Gasteiger partial charge in [-0.2, -0.15) is 0 Å². The Bertz CT molecular complexity index is 680. The molecule has 1 heterocycles. The molecule has 0 aliphatic carbocycles. The molecule has 0 spiro atoms. The fourth-order valence-electron chi connectivity index (χ4n) is 1.98. The van der Waals surface area contributed by atoms with Crippen LogP contribution in [0.2, 0.25) is 0 Å². The predicted molar refractivity (Wildman–Crippen MR) is 84.1 cm³/mol. The summed E-state index contributed by atoms with van der Waals surface area (Å²) in [5.74, 6) is -0.317.